The fourth-order valence-electron chi connectivity index (χ4n) is 1.46. The Kier molecular flexibility index (Phi) is 4.58. The predicted octanol–water partition coefficient (Wildman–Crippen LogP) is 1.96. The molecule has 0 aromatic heterocycles. The van der Waals surface area contributed by atoms with Gasteiger partial charge in [-0.2, -0.15) is 0 Å². The summed E-state index contributed by atoms with van der Waals surface area (Å²) in [6.07, 6.45) is 2.24. The Hall–Kier alpha value is -0.570. The minimum atomic E-state index is -0.284. The van der Waals surface area contributed by atoms with Gasteiger partial charge in [-0.15, -0.1) is 0 Å². The lowest BCUT2D eigenvalue weighted by molar-refractivity contribution is -0.136. The maximum Gasteiger partial charge on any atom is 0.249 e. The summed E-state index contributed by atoms with van der Waals surface area (Å²) in [5, 5.41) is 2.90. The molecule has 0 aliphatic heterocycles. The van der Waals surface area contributed by atoms with Gasteiger partial charge in [0, 0.05) is 6.04 Å². The van der Waals surface area contributed by atoms with Crippen molar-refractivity contribution < 1.29 is 9.53 Å². The van der Waals surface area contributed by atoms with E-state index in [2.05, 4.69) is 5.32 Å². The molecule has 3 nitrogen and oxygen atoms in total. The first kappa shape index (κ1) is 12.5. The summed E-state index contributed by atoms with van der Waals surface area (Å²) in [6.45, 7) is 8.73. The van der Waals surface area contributed by atoms with E-state index in [9.17, 15) is 4.79 Å². The smallest absolute Gasteiger partial charge is 0.249 e. The Balaban J connectivity index is 2.36. The highest BCUT2D eigenvalue weighted by Gasteiger charge is 2.28. The molecule has 1 rings (SSSR count). The van der Waals surface area contributed by atoms with E-state index in [0.29, 0.717) is 5.92 Å². The van der Waals surface area contributed by atoms with Crippen molar-refractivity contribution in [2.24, 2.45) is 11.8 Å². The maximum absolute atomic E-state index is 11.8. The molecule has 1 aliphatic carbocycles. The number of hydrogen-bond acceptors (Lipinski definition) is 2. The van der Waals surface area contributed by atoms with Crippen LogP contribution in [-0.4, -0.2) is 24.7 Å². The van der Waals surface area contributed by atoms with Crippen LogP contribution in [0.2, 0.25) is 0 Å². The van der Waals surface area contributed by atoms with Gasteiger partial charge in [-0.05, 0) is 38.5 Å². The maximum atomic E-state index is 11.8. The van der Waals surface area contributed by atoms with Crippen LogP contribution in [0.15, 0.2) is 0 Å². The molecule has 0 radical (unpaired) electrons. The average molecular weight is 213 g/mol. The van der Waals surface area contributed by atoms with Crippen molar-refractivity contribution in [1.29, 1.82) is 0 Å². The van der Waals surface area contributed by atoms with Gasteiger partial charge in [0.1, 0.15) is 6.10 Å². The Morgan fingerprint density at radius 2 is 1.93 bits per heavy atom. The first-order chi connectivity index (χ1) is 7.00. The van der Waals surface area contributed by atoms with E-state index in [1.165, 1.54) is 12.8 Å². The number of hydrogen-bond donors (Lipinski definition) is 1. The molecule has 1 fully saturated rings. The second-order valence-corrected chi connectivity index (χ2v) is 5.10. The summed E-state index contributed by atoms with van der Waals surface area (Å²) in [4.78, 5) is 11.8. The van der Waals surface area contributed by atoms with Crippen LogP contribution in [-0.2, 0) is 9.53 Å². The molecular formula is C12H23NO2. The SMILES string of the molecule is CC(C)NC(=O)C(OCC1CC1)C(C)C. The van der Waals surface area contributed by atoms with E-state index in [0.717, 1.165) is 6.61 Å². The summed E-state index contributed by atoms with van der Waals surface area (Å²) in [5.74, 6) is 0.973. The van der Waals surface area contributed by atoms with Gasteiger partial charge in [-0.1, -0.05) is 13.8 Å². The van der Waals surface area contributed by atoms with Gasteiger partial charge in [0.2, 0.25) is 5.91 Å². The highest BCUT2D eigenvalue weighted by atomic mass is 16.5. The zero-order valence-corrected chi connectivity index (χ0v) is 10.2. The van der Waals surface area contributed by atoms with Crippen LogP contribution in [0, 0.1) is 11.8 Å². The minimum absolute atomic E-state index is 0.0284. The lowest BCUT2D eigenvalue weighted by atomic mass is 10.1. The van der Waals surface area contributed by atoms with Gasteiger partial charge in [0.25, 0.3) is 0 Å². The van der Waals surface area contributed by atoms with Crippen LogP contribution in [0.5, 0.6) is 0 Å². The lowest BCUT2D eigenvalue weighted by Crippen LogP contribution is -2.43. The Bertz CT molecular complexity index is 210. The molecule has 0 aromatic rings. The Morgan fingerprint density at radius 3 is 2.33 bits per heavy atom. The van der Waals surface area contributed by atoms with E-state index in [1.807, 2.05) is 27.7 Å². The molecule has 1 amide bonds. The molecule has 0 spiro atoms. The molecule has 0 aromatic carbocycles. The molecule has 88 valence electrons. The fourth-order valence-corrected chi connectivity index (χ4v) is 1.46. The van der Waals surface area contributed by atoms with E-state index in [4.69, 9.17) is 4.74 Å². The zero-order valence-electron chi connectivity index (χ0n) is 10.2. The minimum Gasteiger partial charge on any atom is -0.368 e. The van der Waals surface area contributed by atoms with Crippen molar-refractivity contribution in [3.05, 3.63) is 0 Å². The molecule has 15 heavy (non-hydrogen) atoms. The molecule has 1 unspecified atom stereocenters. The molecular weight excluding hydrogens is 190 g/mol. The van der Waals surface area contributed by atoms with Crippen molar-refractivity contribution in [1.82, 2.24) is 5.32 Å². The van der Waals surface area contributed by atoms with Crippen LogP contribution >= 0.6 is 0 Å². The van der Waals surface area contributed by atoms with Crippen molar-refractivity contribution in [2.45, 2.75) is 52.7 Å². The van der Waals surface area contributed by atoms with Crippen molar-refractivity contribution >= 4 is 5.91 Å². The molecule has 0 heterocycles. The van der Waals surface area contributed by atoms with E-state index in [1.54, 1.807) is 0 Å². The summed E-state index contributed by atoms with van der Waals surface area (Å²) in [7, 11) is 0. The number of rotatable bonds is 6. The topological polar surface area (TPSA) is 38.3 Å². The summed E-state index contributed by atoms with van der Waals surface area (Å²) in [6, 6.07) is 0.184. The molecule has 1 aliphatic rings. The number of amides is 1. The van der Waals surface area contributed by atoms with E-state index >= 15 is 0 Å². The van der Waals surface area contributed by atoms with Crippen molar-refractivity contribution in [3.63, 3.8) is 0 Å². The molecule has 1 atom stereocenters. The third kappa shape index (κ3) is 4.65. The van der Waals surface area contributed by atoms with Gasteiger partial charge in [0.15, 0.2) is 0 Å². The largest absolute Gasteiger partial charge is 0.368 e. The Morgan fingerprint density at radius 1 is 1.33 bits per heavy atom. The molecule has 1 saturated carbocycles. The monoisotopic (exact) mass is 213 g/mol. The predicted molar refractivity (Wildman–Crippen MR) is 60.6 cm³/mol. The summed E-state index contributed by atoms with van der Waals surface area (Å²) >= 11 is 0. The van der Waals surface area contributed by atoms with Crippen molar-refractivity contribution in [3.8, 4) is 0 Å². The fraction of sp³-hybridized carbons (Fsp3) is 0.917. The van der Waals surface area contributed by atoms with Crippen LogP contribution in [0.1, 0.15) is 40.5 Å². The Labute approximate surface area is 92.6 Å². The van der Waals surface area contributed by atoms with Crippen LogP contribution in [0.3, 0.4) is 0 Å². The van der Waals surface area contributed by atoms with Crippen LogP contribution in [0.25, 0.3) is 0 Å². The standard InChI is InChI=1S/C12H23NO2/c1-8(2)11(12(14)13-9(3)4)15-7-10-5-6-10/h8-11H,5-7H2,1-4H3,(H,13,14). The van der Waals surface area contributed by atoms with Gasteiger partial charge in [-0.3, -0.25) is 4.79 Å². The highest BCUT2D eigenvalue weighted by molar-refractivity contribution is 5.81. The van der Waals surface area contributed by atoms with Gasteiger partial charge < -0.3 is 10.1 Å². The third-order valence-corrected chi connectivity index (χ3v) is 2.50. The molecule has 3 heteroatoms. The lowest BCUT2D eigenvalue weighted by Gasteiger charge is -2.22. The zero-order chi connectivity index (χ0) is 11.4. The third-order valence-electron chi connectivity index (χ3n) is 2.50. The van der Waals surface area contributed by atoms with Crippen LogP contribution < -0.4 is 5.32 Å². The van der Waals surface area contributed by atoms with E-state index in [-0.39, 0.29) is 24.0 Å². The van der Waals surface area contributed by atoms with Gasteiger partial charge in [0.05, 0.1) is 6.61 Å². The number of nitrogens with one attached hydrogen (secondary N) is 1. The highest BCUT2D eigenvalue weighted by Crippen LogP contribution is 2.29. The molecule has 1 N–H and O–H groups in total. The second-order valence-electron chi connectivity index (χ2n) is 5.10. The quantitative estimate of drug-likeness (QED) is 0.732. The van der Waals surface area contributed by atoms with Crippen molar-refractivity contribution in [2.75, 3.05) is 6.61 Å². The summed E-state index contributed by atoms with van der Waals surface area (Å²) in [5.41, 5.74) is 0. The van der Waals surface area contributed by atoms with Crippen LogP contribution in [0.4, 0.5) is 0 Å². The average Bonchev–Trinajstić information content (AvgIpc) is 2.85. The molecule has 0 bridgehead atoms. The number of carbonyl (C=O) groups excluding carboxylic acids is 1. The number of carbonyl (C=O) groups is 1. The van der Waals surface area contributed by atoms with Gasteiger partial charge >= 0.3 is 0 Å². The summed E-state index contributed by atoms with van der Waals surface area (Å²) < 4.78 is 5.68. The first-order valence-electron chi connectivity index (χ1n) is 5.92. The van der Waals surface area contributed by atoms with E-state index < -0.39 is 0 Å². The molecule has 0 saturated heterocycles. The first-order valence-corrected chi connectivity index (χ1v) is 5.92. The van der Waals surface area contributed by atoms with Gasteiger partial charge in [-0.25, -0.2) is 0 Å². The second kappa shape index (κ2) is 5.50. The normalized spacial score (nSPS) is 18.3. The number of ether oxygens (including phenoxy) is 1.